The summed E-state index contributed by atoms with van der Waals surface area (Å²) in [5, 5.41) is 27.2. The molecule has 0 aliphatic rings. The molecule has 3 rings (SSSR count). The Balaban J connectivity index is 1.74. The van der Waals surface area contributed by atoms with Gasteiger partial charge in [-0.15, -0.1) is 0 Å². The van der Waals surface area contributed by atoms with E-state index in [2.05, 4.69) is 55.7 Å². The van der Waals surface area contributed by atoms with Crippen molar-refractivity contribution in [1.29, 1.82) is 0 Å². The molecule has 3 aromatic rings. The summed E-state index contributed by atoms with van der Waals surface area (Å²) < 4.78 is 7.60. The molecule has 0 saturated heterocycles. The number of halogens is 4. The summed E-state index contributed by atoms with van der Waals surface area (Å²) in [7, 11) is 0. The lowest BCUT2D eigenvalue weighted by Crippen LogP contribution is -2.01. The van der Waals surface area contributed by atoms with Gasteiger partial charge in [-0.3, -0.25) is 25.7 Å². The van der Waals surface area contributed by atoms with Crippen LogP contribution in [0.4, 0.5) is 17.1 Å². The number of hydrogen-bond acceptors (Lipinski definition) is 7. The minimum Gasteiger partial charge on any atom is -0.487 e. The van der Waals surface area contributed by atoms with Crippen LogP contribution in [0.1, 0.15) is 11.1 Å². The smallest absolute Gasteiger partial charge is 0.301 e. The number of nitrogens with zero attached hydrogens (tertiary/aromatic N) is 3. The Morgan fingerprint density at radius 1 is 1.00 bits per heavy atom. The lowest BCUT2D eigenvalue weighted by Gasteiger charge is -2.12. The first-order chi connectivity index (χ1) is 15.7. The van der Waals surface area contributed by atoms with Crippen LogP contribution in [0.25, 0.3) is 0 Å². The van der Waals surface area contributed by atoms with E-state index in [1.54, 1.807) is 18.2 Å². The molecule has 9 nitrogen and oxygen atoms in total. The van der Waals surface area contributed by atoms with Crippen molar-refractivity contribution in [2.75, 3.05) is 5.43 Å². The highest BCUT2D eigenvalue weighted by molar-refractivity contribution is 14.1. The van der Waals surface area contributed by atoms with Crippen LogP contribution < -0.4 is 10.2 Å². The van der Waals surface area contributed by atoms with Crippen LogP contribution in [0, 0.1) is 27.4 Å². The van der Waals surface area contributed by atoms with Gasteiger partial charge in [0.15, 0.2) is 0 Å². The Morgan fingerprint density at radius 3 is 2.30 bits per heavy atom. The normalized spacial score (nSPS) is 10.9. The van der Waals surface area contributed by atoms with Gasteiger partial charge in [0, 0.05) is 21.7 Å². The third-order valence-electron chi connectivity index (χ3n) is 4.20. The predicted molar refractivity (Wildman–Crippen MR) is 144 cm³/mol. The average molecular weight is 713 g/mol. The predicted octanol–water partition coefficient (Wildman–Crippen LogP) is 7.04. The van der Waals surface area contributed by atoms with Gasteiger partial charge in [-0.25, -0.2) is 0 Å². The van der Waals surface area contributed by atoms with Crippen molar-refractivity contribution in [3.8, 4) is 5.75 Å². The lowest BCUT2D eigenvalue weighted by molar-refractivity contribution is -0.393. The lowest BCUT2D eigenvalue weighted by atomic mass is 10.2. The highest BCUT2D eigenvalue weighted by Crippen LogP contribution is 2.31. The summed E-state index contributed by atoms with van der Waals surface area (Å²) >= 11 is 16.4. The topological polar surface area (TPSA) is 120 Å². The minimum absolute atomic E-state index is 0.0334. The molecule has 0 fully saturated rings. The van der Waals surface area contributed by atoms with Crippen molar-refractivity contribution in [2.24, 2.45) is 5.10 Å². The van der Waals surface area contributed by atoms with Crippen molar-refractivity contribution in [3.63, 3.8) is 0 Å². The number of non-ortho nitro benzene ring substituents is 1. The molecule has 13 heteroatoms. The number of ether oxygens (including phenoxy) is 1. The van der Waals surface area contributed by atoms with E-state index in [0.29, 0.717) is 15.8 Å². The van der Waals surface area contributed by atoms with Crippen molar-refractivity contribution < 1.29 is 14.6 Å². The standard InChI is InChI=1S/C20H12Cl2I2N4O5/c21-13-2-1-12(15(22)7-13)10-33-20-16(23)5-11(6-17(20)24)9-25-26-18-4-3-14(27(29)30)8-19(18)28(31)32/h1-9,26H,10H2/b25-9+. The molecular formula is C20H12Cl2I2N4O5. The highest BCUT2D eigenvalue weighted by Gasteiger charge is 2.19. The maximum Gasteiger partial charge on any atom is 0.301 e. The first kappa shape index (κ1) is 25.4. The van der Waals surface area contributed by atoms with Crippen LogP contribution in [-0.4, -0.2) is 16.1 Å². The third-order valence-corrected chi connectivity index (χ3v) is 6.38. The van der Waals surface area contributed by atoms with Gasteiger partial charge in [-0.2, -0.15) is 5.10 Å². The van der Waals surface area contributed by atoms with Crippen LogP contribution >= 0.6 is 68.4 Å². The number of anilines is 1. The van der Waals surface area contributed by atoms with Crippen molar-refractivity contribution in [1.82, 2.24) is 0 Å². The van der Waals surface area contributed by atoms with Gasteiger partial charge in [-0.05, 0) is 81.1 Å². The Morgan fingerprint density at radius 2 is 1.70 bits per heavy atom. The number of benzene rings is 3. The highest BCUT2D eigenvalue weighted by atomic mass is 127. The van der Waals surface area contributed by atoms with Crippen molar-refractivity contribution >= 4 is 91.7 Å². The van der Waals surface area contributed by atoms with E-state index in [-0.39, 0.29) is 18.0 Å². The SMILES string of the molecule is O=[N+]([O-])c1ccc(N/N=C/c2cc(I)c(OCc3ccc(Cl)cc3Cl)c(I)c2)c([N+](=O)[O-])c1. The Bertz CT molecular complexity index is 1250. The molecule has 0 atom stereocenters. The molecule has 3 aromatic carbocycles. The molecule has 0 heterocycles. The molecule has 0 amide bonds. The average Bonchev–Trinajstić information content (AvgIpc) is 2.74. The van der Waals surface area contributed by atoms with E-state index in [4.69, 9.17) is 27.9 Å². The summed E-state index contributed by atoms with van der Waals surface area (Å²) in [5.41, 5.74) is 3.29. The number of nitro groups is 2. The zero-order valence-electron chi connectivity index (χ0n) is 16.3. The number of hydrogen-bond donors (Lipinski definition) is 1. The fraction of sp³-hybridized carbons (Fsp3) is 0.0500. The molecule has 0 aliphatic heterocycles. The first-order valence-corrected chi connectivity index (χ1v) is 11.8. The molecule has 0 saturated carbocycles. The Labute approximate surface area is 224 Å². The van der Waals surface area contributed by atoms with E-state index >= 15 is 0 Å². The largest absolute Gasteiger partial charge is 0.487 e. The summed E-state index contributed by atoms with van der Waals surface area (Å²) in [5.74, 6) is 0.679. The number of rotatable bonds is 8. The Hall–Kier alpha value is -2.23. The van der Waals surface area contributed by atoms with Gasteiger partial charge < -0.3 is 4.74 Å². The van der Waals surface area contributed by atoms with Gasteiger partial charge >= 0.3 is 5.69 Å². The molecule has 0 bridgehead atoms. The second-order valence-corrected chi connectivity index (χ2v) is 9.59. The minimum atomic E-state index is -0.712. The van der Waals surface area contributed by atoms with Crippen molar-refractivity contribution in [3.05, 3.63) is 97.1 Å². The first-order valence-electron chi connectivity index (χ1n) is 8.93. The van der Waals surface area contributed by atoms with Crippen LogP contribution in [-0.2, 0) is 6.61 Å². The summed E-state index contributed by atoms with van der Waals surface area (Å²) in [6.07, 6.45) is 1.48. The van der Waals surface area contributed by atoms with Gasteiger partial charge in [-0.1, -0.05) is 29.3 Å². The number of hydrazone groups is 1. The van der Waals surface area contributed by atoms with E-state index in [0.717, 1.165) is 30.4 Å². The summed E-state index contributed by atoms with van der Waals surface area (Å²) in [6.45, 7) is 0.265. The monoisotopic (exact) mass is 712 g/mol. The molecule has 0 aromatic heterocycles. The summed E-state index contributed by atoms with van der Waals surface area (Å²) in [4.78, 5) is 20.7. The molecule has 33 heavy (non-hydrogen) atoms. The molecule has 1 N–H and O–H groups in total. The molecule has 0 spiro atoms. The van der Waals surface area contributed by atoms with Crippen molar-refractivity contribution in [2.45, 2.75) is 6.61 Å². The molecule has 0 radical (unpaired) electrons. The Kier molecular flexibility index (Phi) is 8.67. The molecule has 0 aliphatic carbocycles. The van der Waals surface area contributed by atoms with Crippen LogP contribution in [0.3, 0.4) is 0 Å². The zero-order valence-corrected chi connectivity index (χ0v) is 22.1. The molecule has 0 unspecified atom stereocenters. The maximum atomic E-state index is 11.2. The third kappa shape index (κ3) is 6.65. The maximum absolute atomic E-state index is 11.2. The van der Waals surface area contributed by atoms with Gasteiger partial charge in [0.25, 0.3) is 5.69 Å². The second-order valence-electron chi connectivity index (χ2n) is 6.42. The van der Waals surface area contributed by atoms with E-state index in [1.165, 1.54) is 12.3 Å². The second kappa shape index (κ2) is 11.3. The van der Waals surface area contributed by atoms with Crippen LogP contribution in [0.15, 0.2) is 53.6 Å². The van der Waals surface area contributed by atoms with Gasteiger partial charge in [0.2, 0.25) is 0 Å². The number of nitro benzene ring substituents is 2. The van der Waals surface area contributed by atoms with Crippen LogP contribution in [0.5, 0.6) is 5.75 Å². The fourth-order valence-corrected chi connectivity index (χ4v) is 5.23. The van der Waals surface area contributed by atoms with Gasteiger partial charge in [0.1, 0.15) is 18.0 Å². The van der Waals surface area contributed by atoms with Crippen LogP contribution in [0.2, 0.25) is 10.0 Å². The zero-order chi connectivity index (χ0) is 24.1. The van der Waals surface area contributed by atoms with E-state index in [1.807, 2.05) is 12.1 Å². The quantitative estimate of drug-likeness (QED) is 0.116. The summed E-state index contributed by atoms with van der Waals surface area (Å²) in [6, 6.07) is 12.1. The fourth-order valence-electron chi connectivity index (χ4n) is 2.64. The van der Waals surface area contributed by atoms with Gasteiger partial charge in [0.05, 0.1) is 29.3 Å². The van der Waals surface area contributed by atoms with E-state index < -0.39 is 15.5 Å². The van der Waals surface area contributed by atoms with E-state index in [9.17, 15) is 20.2 Å². The molecular weight excluding hydrogens is 701 g/mol. The molecule has 170 valence electrons. The number of nitrogens with one attached hydrogen (secondary N) is 1.